The number of halogens is 3. The quantitative estimate of drug-likeness (QED) is 0.389. The van der Waals surface area contributed by atoms with Crippen molar-refractivity contribution in [3.05, 3.63) is 72.2 Å². The van der Waals surface area contributed by atoms with Crippen molar-refractivity contribution >= 4 is 28.3 Å². The average molecular weight is 511 g/mol. The Morgan fingerprint density at radius 1 is 1.03 bits per heavy atom. The first-order valence-electron chi connectivity index (χ1n) is 11.7. The summed E-state index contributed by atoms with van der Waals surface area (Å²) in [5.41, 5.74) is 3.43. The Morgan fingerprint density at radius 2 is 1.76 bits per heavy atom. The number of ether oxygens (including phenoxy) is 1. The van der Waals surface area contributed by atoms with Gasteiger partial charge in [-0.2, -0.15) is 18.3 Å². The van der Waals surface area contributed by atoms with Gasteiger partial charge < -0.3 is 15.4 Å². The monoisotopic (exact) mass is 510 g/mol. The van der Waals surface area contributed by atoms with Gasteiger partial charge in [-0.15, -0.1) is 0 Å². The van der Waals surface area contributed by atoms with Crippen molar-refractivity contribution in [2.45, 2.75) is 12.7 Å². The first kappa shape index (κ1) is 24.7. The second kappa shape index (κ2) is 10.2. The van der Waals surface area contributed by atoms with E-state index in [0.717, 1.165) is 52.9 Å². The number of amides is 2. The van der Waals surface area contributed by atoms with Gasteiger partial charge in [0.1, 0.15) is 0 Å². The summed E-state index contributed by atoms with van der Waals surface area (Å²) in [5.74, 6) is 0. The van der Waals surface area contributed by atoms with E-state index < -0.39 is 17.8 Å². The van der Waals surface area contributed by atoms with Crippen LogP contribution in [-0.2, 0) is 24.5 Å². The van der Waals surface area contributed by atoms with Crippen LogP contribution in [0.15, 0.2) is 60.9 Å². The molecule has 2 aromatic heterocycles. The highest BCUT2D eigenvalue weighted by molar-refractivity contribution is 6.00. The molecule has 3 heterocycles. The summed E-state index contributed by atoms with van der Waals surface area (Å²) in [5, 5.41) is 10.5. The van der Waals surface area contributed by atoms with Crippen LogP contribution in [0.5, 0.6) is 0 Å². The van der Waals surface area contributed by atoms with E-state index in [2.05, 4.69) is 20.6 Å². The van der Waals surface area contributed by atoms with Crippen LogP contribution < -0.4 is 10.6 Å². The topological polar surface area (TPSA) is 84.3 Å². The number of hydrogen-bond acceptors (Lipinski definition) is 5. The van der Waals surface area contributed by atoms with Crippen LogP contribution in [0.25, 0.3) is 22.0 Å². The highest BCUT2D eigenvalue weighted by Gasteiger charge is 2.30. The van der Waals surface area contributed by atoms with Crippen molar-refractivity contribution in [3.8, 4) is 11.1 Å². The molecular weight excluding hydrogens is 485 g/mol. The molecule has 2 N–H and O–H groups in total. The lowest BCUT2D eigenvalue weighted by Gasteiger charge is -2.26. The minimum absolute atomic E-state index is 0.0474. The third-order valence-corrected chi connectivity index (χ3v) is 6.23. The summed E-state index contributed by atoms with van der Waals surface area (Å²) in [6.45, 7) is 3.86. The molecule has 1 aliphatic rings. The molecule has 2 aromatic carbocycles. The van der Waals surface area contributed by atoms with Gasteiger partial charge in [0.25, 0.3) is 0 Å². The number of aryl methyl sites for hydroxylation is 1. The standard InChI is InChI=1S/C26H25F3N6O2/c1-34-24-22(15-31-34)21(14-30-23(24)16-35-9-11-37-12-10-35)17-5-7-19(8-6-17)32-25(36)33-20-4-2-3-18(13-20)26(27,28)29/h2-8,13-15H,9-12,16H2,1H3,(H2,32,33,36). The number of morpholine rings is 1. The zero-order chi connectivity index (χ0) is 26.0. The fraction of sp³-hybridized carbons (Fsp3) is 0.269. The molecule has 37 heavy (non-hydrogen) atoms. The number of urea groups is 1. The van der Waals surface area contributed by atoms with E-state index in [1.807, 2.05) is 36.3 Å². The molecule has 11 heteroatoms. The van der Waals surface area contributed by atoms with Crippen molar-refractivity contribution in [3.63, 3.8) is 0 Å². The zero-order valence-electron chi connectivity index (χ0n) is 20.0. The van der Waals surface area contributed by atoms with E-state index in [4.69, 9.17) is 9.72 Å². The second-order valence-corrected chi connectivity index (χ2v) is 8.77. The van der Waals surface area contributed by atoms with E-state index in [0.29, 0.717) is 25.4 Å². The number of aromatic nitrogens is 3. The lowest BCUT2D eigenvalue weighted by molar-refractivity contribution is -0.137. The van der Waals surface area contributed by atoms with Gasteiger partial charge >= 0.3 is 12.2 Å². The number of fused-ring (bicyclic) bond motifs is 1. The summed E-state index contributed by atoms with van der Waals surface area (Å²) in [6, 6.07) is 11.0. The van der Waals surface area contributed by atoms with Crippen molar-refractivity contribution < 1.29 is 22.7 Å². The zero-order valence-corrected chi connectivity index (χ0v) is 20.0. The fourth-order valence-electron chi connectivity index (χ4n) is 4.37. The van der Waals surface area contributed by atoms with Crippen LogP contribution in [0.4, 0.5) is 29.3 Å². The molecule has 2 amide bonds. The molecule has 0 spiro atoms. The van der Waals surface area contributed by atoms with Crippen molar-refractivity contribution in [1.82, 2.24) is 19.7 Å². The van der Waals surface area contributed by atoms with Gasteiger partial charge in [-0.1, -0.05) is 18.2 Å². The lowest BCUT2D eigenvalue weighted by atomic mass is 10.0. The van der Waals surface area contributed by atoms with Gasteiger partial charge in [-0.05, 0) is 35.9 Å². The maximum Gasteiger partial charge on any atom is 0.416 e. The summed E-state index contributed by atoms with van der Waals surface area (Å²) in [6.07, 6.45) is -0.828. The molecule has 8 nitrogen and oxygen atoms in total. The largest absolute Gasteiger partial charge is 0.416 e. The van der Waals surface area contributed by atoms with Crippen LogP contribution >= 0.6 is 0 Å². The van der Waals surface area contributed by atoms with Gasteiger partial charge in [0, 0.05) is 55.2 Å². The highest BCUT2D eigenvalue weighted by atomic mass is 19.4. The Hall–Kier alpha value is -3.96. The van der Waals surface area contributed by atoms with Crippen molar-refractivity contribution in [1.29, 1.82) is 0 Å². The SMILES string of the molecule is Cn1ncc2c(-c3ccc(NC(=O)Nc4cccc(C(F)(F)F)c4)cc3)cnc(CN3CCOCC3)c21. The van der Waals surface area contributed by atoms with Gasteiger partial charge in [0.15, 0.2) is 0 Å². The second-order valence-electron chi connectivity index (χ2n) is 8.77. The van der Waals surface area contributed by atoms with Crippen molar-refractivity contribution in [2.24, 2.45) is 7.05 Å². The molecule has 1 saturated heterocycles. The normalized spacial score (nSPS) is 14.6. The maximum atomic E-state index is 12.9. The number of rotatable bonds is 5. The smallest absolute Gasteiger partial charge is 0.379 e. The number of nitrogens with one attached hydrogen (secondary N) is 2. The number of anilines is 2. The van der Waals surface area contributed by atoms with E-state index in [1.165, 1.54) is 12.1 Å². The number of benzene rings is 2. The molecular formula is C26H25F3N6O2. The van der Waals surface area contributed by atoms with Gasteiger partial charge in [0.2, 0.25) is 0 Å². The number of hydrogen-bond donors (Lipinski definition) is 2. The lowest BCUT2D eigenvalue weighted by Crippen LogP contribution is -2.36. The van der Waals surface area contributed by atoms with Crippen LogP contribution in [0, 0.1) is 0 Å². The summed E-state index contributed by atoms with van der Waals surface area (Å²) in [4.78, 5) is 19.4. The van der Waals surface area contributed by atoms with Crippen molar-refractivity contribution in [2.75, 3.05) is 36.9 Å². The Balaban J connectivity index is 1.31. The minimum atomic E-state index is -4.49. The Bertz CT molecular complexity index is 1410. The number of carbonyl (C=O) groups is 1. The van der Waals surface area contributed by atoms with Crippen LogP contribution in [0.3, 0.4) is 0 Å². The third-order valence-electron chi connectivity index (χ3n) is 6.23. The molecule has 4 aromatic rings. The van der Waals surface area contributed by atoms with Gasteiger partial charge in [-0.25, -0.2) is 4.79 Å². The molecule has 0 saturated carbocycles. The molecule has 1 aliphatic heterocycles. The number of alkyl halides is 3. The summed E-state index contributed by atoms with van der Waals surface area (Å²) >= 11 is 0. The molecule has 0 atom stereocenters. The Kier molecular flexibility index (Phi) is 6.81. The van der Waals surface area contributed by atoms with Crippen LogP contribution in [-0.4, -0.2) is 52.0 Å². The van der Waals surface area contributed by atoms with E-state index in [-0.39, 0.29) is 5.69 Å². The van der Waals surface area contributed by atoms with Crippen LogP contribution in [0.2, 0.25) is 0 Å². The molecule has 1 fully saturated rings. The first-order chi connectivity index (χ1) is 17.8. The molecule has 0 bridgehead atoms. The first-order valence-corrected chi connectivity index (χ1v) is 11.7. The van der Waals surface area contributed by atoms with Gasteiger partial charge in [-0.3, -0.25) is 14.6 Å². The average Bonchev–Trinajstić information content (AvgIpc) is 3.27. The van der Waals surface area contributed by atoms with Crippen LogP contribution in [0.1, 0.15) is 11.3 Å². The minimum Gasteiger partial charge on any atom is -0.379 e. The van der Waals surface area contributed by atoms with E-state index in [9.17, 15) is 18.0 Å². The molecule has 5 rings (SSSR count). The number of pyridine rings is 1. The number of carbonyl (C=O) groups excluding carboxylic acids is 1. The predicted molar refractivity (Wildman–Crippen MR) is 134 cm³/mol. The maximum absolute atomic E-state index is 12.9. The molecule has 192 valence electrons. The molecule has 0 radical (unpaired) electrons. The van der Waals surface area contributed by atoms with Gasteiger partial charge in [0.05, 0.1) is 36.2 Å². The summed E-state index contributed by atoms with van der Waals surface area (Å²) < 4.78 is 46.0. The third kappa shape index (κ3) is 5.57. The van der Waals surface area contributed by atoms with E-state index in [1.54, 1.807) is 12.1 Å². The summed E-state index contributed by atoms with van der Waals surface area (Å²) in [7, 11) is 1.90. The molecule has 0 aliphatic carbocycles. The highest BCUT2D eigenvalue weighted by Crippen LogP contribution is 2.32. The number of nitrogens with zero attached hydrogens (tertiary/aromatic N) is 4. The fourth-order valence-corrected chi connectivity index (χ4v) is 4.37. The predicted octanol–water partition coefficient (Wildman–Crippen LogP) is 5.13. The van der Waals surface area contributed by atoms with E-state index >= 15 is 0 Å². The molecule has 0 unspecified atom stereocenters. The Morgan fingerprint density at radius 3 is 2.49 bits per heavy atom. The Labute approximate surface area is 211 Å².